The van der Waals surface area contributed by atoms with Crippen molar-refractivity contribution in [2.75, 3.05) is 0 Å². The quantitative estimate of drug-likeness (QED) is 0.590. The van der Waals surface area contributed by atoms with Crippen LogP contribution in [-0.2, 0) is 14.9 Å². The van der Waals surface area contributed by atoms with E-state index in [0.29, 0.717) is 0 Å². The molecule has 0 saturated heterocycles. The fraction of sp³-hybridized carbons (Fsp3) is 0.100. The predicted molar refractivity (Wildman–Crippen MR) is 56.2 cm³/mol. The van der Waals surface area contributed by atoms with Crippen LogP contribution < -0.4 is 5.11 Å². The summed E-state index contributed by atoms with van der Waals surface area (Å²) in [6.07, 6.45) is 0.722. The molecule has 0 aliphatic carbocycles. The highest BCUT2D eigenvalue weighted by molar-refractivity contribution is 7.85. The number of benzene rings is 1. The van der Waals surface area contributed by atoms with E-state index in [4.69, 9.17) is 14.5 Å². The second-order valence-corrected chi connectivity index (χ2v) is 4.23. The standard InChI is InChI=1S/C7H8O3S.C3H4O2/c1-6-2-4-7(5-3-6)11(8,9)10;1-2-3(4)5/h2-5H,1H3,(H,8,9,10);2H,1H2,(H,4,5)/p-1. The monoisotopic (exact) mass is 243 g/mol. The molecule has 0 saturated carbocycles. The number of rotatable bonds is 2. The van der Waals surface area contributed by atoms with Gasteiger partial charge in [-0.25, -0.2) is 0 Å². The Morgan fingerprint density at radius 3 is 2.00 bits per heavy atom. The van der Waals surface area contributed by atoms with Gasteiger partial charge in [-0.05, 0) is 25.1 Å². The van der Waals surface area contributed by atoms with Crippen LogP contribution in [0, 0.1) is 6.92 Å². The van der Waals surface area contributed by atoms with Crippen molar-refractivity contribution in [3.8, 4) is 0 Å². The Labute approximate surface area is 93.8 Å². The maximum Gasteiger partial charge on any atom is 0.294 e. The predicted octanol–water partition coefficient (Wildman–Crippen LogP) is 0.164. The summed E-state index contributed by atoms with van der Waals surface area (Å²) in [6, 6.07) is 5.99. The first kappa shape index (κ1) is 14.3. The molecule has 0 radical (unpaired) electrons. The summed E-state index contributed by atoms with van der Waals surface area (Å²) >= 11 is 0. The summed E-state index contributed by atoms with van der Waals surface area (Å²) in [5.74, 6) is -1.23. The normalized spacial score (nSPS) is 9.88. The number of aryl methyl sites for hydroxylation is 1. The number of aliphatic carboxylic acids is 1. The SMILES string of the molecule is C=CC(=O)[O-].Cc1ccc(S(=O)(=O)O)cc1. The summed E-state index contributed by atoms with van der Waals surface area (Å²) in [7, 11) is -4.02. The average molecular weight is 243 g/mol. The molecule has 0 aromatic heterocycles. The van der Waals surface area contributed by atoms with Gasteiger partial charge in [0.05, 0.1) is 10.9 Å². The summed E-state index contributed by atoms with van der Waals surface area (Å²) in [4.78, 5) is 9.07. The molecule has 0 amide bonds. The molecule has 0 bridgehead atoms. The third-order valence-electron chi connectivity index (χ3n) is 1.49. The van der Waals surface area contributed by atoms with Crippen molar-refractivity contribution in [2.45, 2.75) is 11.8 Å². The van der Waals surface area contributed by atoms with Crippen LogP contribution in [0.3, 0.4) is 0 Å². The van der Waals surface area contributed by atoms with Crippen LogP contribution >= 0.6 is 0 Å². The van der Waals surface area contributed by atoms with Gasteiger partial charge in [-0.2, -0.15) is 8.42 Å². The Morgan fingerprint density at radius 1 is 1.38 bits per heavy atom. The van der Waals surface area contributed by atoms with Crippen molar-refractivity contribution >= 4 is 16.1 Å². The molecule has 5 nitrogen and oxygen atoms in total. The molecule has 1 aromatic carbocycles. The molecular weight excluding hydrogens is 232 g/mol. The molecule has 0 heterocycles. The van der Waals surface area contributed by atoms with Crippen LogP contribution in [-0.4, -0.2) is 18.9 Å². The second kappa shape index (κ2) is 6.04. The zero-order valence-corrected chi connectivity index (χ0v) is 9.40. The molecule has 1 N–H and O–H groups in total. The van der Waals surface area contributed by atoms with Gasteiger partial charge in [0.15, 0.2) is 0 Å². The largest absolute Gasteiger partial charge is 0.545 e. The van der Waals surface area contributed by atoms with Gasteiger partial charge in [-0.15, -0.1) is 0 Å². The average Bonchev–Trinajstić information content (AvgIpc) is 2.18. The van der Waals surface area contributed by atoms with Gasteiger partial charge >= 0.3 is 0 Å². The lowest BCUT2D eigenvalue weighted by molar-refractivity contribution is -0.297. The molecule has 16 heavy (non-hydrogen) atoms. The van der Waals surface area contributed by atoms with E-state index in [2.05, 4.69) is 6.58 Å². The number of carboxylic acid groups (broad SMARTS) is 1. The molecule has 0 aliphatic heterocycles. The molecule has 0 spiro atoms. The van der Waals surface area contributed by atoms with E-state index in [1.807, 2.05) is 6.92 Å². The van der Waals surface area contributed by atoms with Gasteiger partial charge < -0.3 is 9.90 Å². The molecular formula is C10H11O5S-. The van der Waals surface area contributed by atoms with E-state index < -0.39 is 16.1 Å². The van der Waals surface area contributed by atoms with E-state index in [0.717, 1.165) is 11.6 Å². The Bertz CT molecular complexity index is 458. The van der Waals surface area contributed by atoms with E-state index in [-0.39, 0.29) is 4.90 Å². The van der Waals surface area contributed by atoms with Crippen LogP contribution in [0.1, 0.15) is 5.56 Å². The number of carbonyl (C=O) groups is 1. The maximum absolute atomic E-state index is 10.5. The molecule has 0 aliphatic rings. The summed E-state index contributed by atoms with van der Waals surface area (Å²) in [5.41, 5.74) is 0.956. The van der Waals surface area contributed by atoms with Crippen molar-refractivity contribution in [1.82, 2.24) is 0 Å². The van der Waals surface area contributed by atoms with Crippen molar-refractivity contribution in [3.05, 3.63) is 42.5 Å². The minimum absolute atomic E-state index is 0.0666. The van der Waals surface area contributed by atoms with Crippen LogP contribution in [0.4, 0.5) is 0 Å². The smallest absolute Gasteiger partial charge is 0.294 e. The van der Waals surface area contributed by atoms with Gasteiger partial charge in [0.1, 0.15) is 0 Å². The first-order valence-corrected chi connectivity index (χ1v) is 5.59. The number of carboxylic acids is 1. The second-order valence-electron chi connectivity index (χ2n) is 2.81. The minimum Gasteiger partial charge on any atom is -0.545 e. The van der Waals surface area contributed by atoms with Gasteiger partial charge in [-0.1, -0.05) is 24.3 Å². The molecule has 1 rings (SSSR count). The first-order valence-electron chi connectivity index (χ1n) is 4.15. The molecule has 0 unspecified atom stereocenters. The van der Waals surface area contributed by atoms with Crippen molar-refractivity contribution < 1.29 is 22.9 Å². The van der Waals surface area contributed by atoms with Crippen molar-refractivity contribution in [3.63, 3.8) is 0 Å². The summed E-state index contributed by atoms with van der Waals surface area (Å²) in [6.45, 7) is 4.74. The van der Waals surface area contributed by atoms with E-state index >= 15 is 0 Å². The fourth-order valence-electron chi connectivity index (χ4n) is 0.710. The highest BCUT2D eigenvalue weighted by Crippen LogP contribution is 2.08. The Morgan fingerprint density at radius 2 is 1.75 bits per heavy atom. The van der Waals surface area contributed by atoms with Crippen molar-refractivity contribution in [1.29, 1.82) is 0 Å². The van der Waals surface area contributed by atoms with Crippen LogP contribution in [0.2, 0.25) is 0 Å². The lowest BCUT2D eigenvalue weighted by Crippen LogP contribution is -2.17. The van der Waals surface area contributed by atoms with Crippen LogP contribution in [0.15, 0.2) is 41.8 Å². The van der Waals surface area contributed by atoms with Crippen LogP contribution in [0.5, 0.6) is 0 Å². The van der Waals surface area contributed by atoms with E-state index in [1.165, 1.54) is 12.1 Å². The molecule has 6 heteroatoms. The molecule has 88 valence electrons. The Kier molecular flexibility index (Phi) is 5.41. The van der Waals surface area contributed by atoms with Gasteiger partial charge in [0.2, 0.25) is 0 Å². The zero-order valence-electron chi connectivity index (χ0n) is 8.58. The first-order chi connectivity index (χ1) is 7.27. The van der Waals surface area contributed by atoms with E-state index in [1.54, 1.807) is 12.1 Å². The lowest BCUT2D eigenvalue weighted by Gasteiger charge is -1.95. The number of hydrogen-bond donors (Lipinski definition) is 1. The zero-order chi connectivity index (χ0) is 12.8. The summed E-state index contributed by atoms with van der Waals surface area (Å²) in [5, 5.41) is 9.14. The lowest BCUT2D eigenvalue weighted by atomic mass is 10.2. The maximum atomic E-state index is 10.5. The minimum atomic E-state index is -4.02. The topological polar surface area (TPSA) is 94.5 Å². The molecule has 1 aromatic rings. The van der Waals surface area contributed by atoms with E-state index in [9.17, 15) is 8.42 Å². The van der Waals surface area contributed by atoms with Gasteiger partial charge in [0, 0.05) is 0 Å². The highest BCUT2D eigenvalue weighted by atomic mass is 32.2. The Balaban J connectivity index is 0.000000385. The van der Waals surface area contributed by atoms with Crippen LogP contribution in [0.25, 0.3) is 0 Å². The van der Waals surface area contributed by atoms with Crippen molar-refractivity contribution in [2.24, 2.45) is 0 Å². The Hall–Kier alpha value is -1.66. The van der Waals surface area contributed by atoms with Gasteiger partial charge in [0.25, 0.3) is 10.1 Å². The molecule has 0 atom stereocenters. The third kappa shape index (κ3) is 5.94. The van der Waals surface area contributed by atoms with Gasteiger partial charge in [-0.3, -0.25) is 4.55 Å². The number of carbonyl (C=O) groups excluding carboxylic acids is 1. The third-order valence-corrected chi connectivity index (χ3v) is 2.35. The molecule has 0 fully saturated rings. The fourth-order valence-corrected chi connectivity index (χ4v) is 1.19. The highest BCUT2D eigenvalue weighted by Gasteiger charge is 2.06. The number of hydrogen-bond acceptors (Lipinski definition) is 4. The summed E-state index contributed by atoms with van der Waals surface area (Å²) < 4.78 is 29.6.